The smallest absolute Gasteiger partial charge is 0.261 e. The molecule has 0 saturated carbocycles. The van der Waals surface area contributed by atoms with Gasteiger partial charge in [-0.05, 0) is 17.4 Å². The molecule has 1 unspecified atom stereocenters. The second-order valence-corrected chi connectivity index (χ2v) is 5.55. The zero-order valence-corrected chi connectivity index (χ0v) is 12.0. The minimum atomic E-state index is -0.537. The summed E-state index contributed by atoms with van der Waals surface area (Å²) in [5.41, 5.74) is 0. The lowest BCUT2D eigenvalue weighted by molar-refractivity contribution is -0.121. The van der Waals surface area contributed by atoms with E-state index in [0.717, 1.165) is 0 Å². The Balaban J connectivity index is 2.15. The molecule has 0 spiro atoms. The third-order valence-corrected chi connectivity index (χ3v) is 3.53. The van der Waals surface area contributed by atoms with Gasteiger partial charge in [0.05, 0.1) is 11.0 Å². The van der Waals surface area contributed by atoms with Gasteiger partial charge in [0.1, 0.15) is 0 Å². The van der Waals surface area contributed by atoms with Gasteiger partial charge in [-0.3, -0.25) is 9.59 Å². The van der Waals surface area contributed by atoms with Crippen LogP contribution in [0.2, 0.25) is 0 Å². The molecule has 0 aliphatic heterocycles. The Morgan fingerprint density at radius 2 is 2.11 bits per heavy atom. The Bertz CT molecular complexity index is 404. The fourth-order valence-electron chi connectivity index (χ4n) is 1.33. The highest BCUT2D eigenvalue weighted by molar-refractivity contribution is 7.12. The van der Waals surface area contributed by atoms with Crippen molar-refractivity contribution in [1.29, 1.82) is 0 Å². The third kappa shape index (κ3) is 5.85. The van der Waals surface area contributed by atoms with Crippen molar-refractivity contribution in [2.75, 3.05) is 13.1 Å². The summed E-state index contributed by atoms with van der Waals surface area (Å²) in [6, 6.07) is 3.54. The molecule has 0 bridgehead atoms. The average molecular weight is 284 g/mol. The van der Waals surface area contributed by atoms with Crippen LogP contribution in [0.25, 0.3) is 0 Å². The first-order valence-corrected chi connectivity index (χ1v) is 7.15. The van der Waals surface area contributed by atoms with Crippen molar-refractivity contribution >= 4 is 23.2 Å². The molecule has 1 aromatic rings. The first-order valence-electron chi connectivity index (χ1n) is 6.27. The van der Waals surface area contributed by atoms with Crippen molar-refractivity contribution < 1.29 is 14.7 Å². The van der Waals surface area contributed by atoms with Gasteiger partial charge in [-0.2, -0.15) is 0 Å². The summed E-state index contributed by atoms with van der Waals surface area (Å²) < 4.78 is 0. The number of carbonyl (C=O) groups is 2. The molecule has 2 amide bonds. The van der Waals surface area contributed by atoms with Crippen molar-refractivity contribution in [2.45, 2.75) is 26.4 Å². The predicted molar refractivity (Wildman–Crippen MR) is 75.1 cm³/mol. The number of hydrogen-bond donors (Lipinski definition) is 3. The van der Waals surface area contributed by atoms with Crippen LogP contribution in [-0.2, 0) is 4.79 Å². The molecule has 0 radical (unpaired) electrons. The highest BCUT2D eigenvalue weighted by Gasteiger charge is 2.11. The van der Waals surface area contributed by atoms with Gasteiger partial charge in [0.15, 0.2) is 0 Å². The van der Waals surface area contributed by atoms with Crippen LogP contribution < -0.4 is 10.6 Å². The Morgan fingerprint density at radius 3 is 2.68 bits per heavy atom. The highest BCUT2D eigenvalue weighted by atomic mass is 32.1. The number of hydrogen-bond acceptors (Lipinski definition) is 4. The van der Waals surface area contributed by atoms with Crippen LogP contribution in [0.1, 0.15) is 29.9 Å². The minimum absolute atomic E-state index is 0.110. The lowest BCUT2D eigenvalue weighted by atomic mass is 10.1. The third-order valence-electron chi connectivity index (χ3n) is 2.66. The molecular formula is C13H20N2O3S. The zero-order chi connectivity index (χ0) is 14.3. The summed E-state index contributed by atoms with van der Waals surface area (Å²) in [5, 5.41) is 16.7. The Labute approximate surface area is 117 Å². The van der Waals surface area contributed by atoms with E-state index in [1.54, 1.807) is 12.1 Å². The molecule has 0 saturated heterocycles. The number of aliphatic hydroxyl groups is 1. The van der Waals surface area contributed by atoms with Gasteiger partial charge in [-0.25, -0.2) is 0 Å². The molecule has 0 fully saturated rings. The largest absolute Gasteiger partial charge is 0.391 e. The van der Waals surface area contributed by atoms with E-state index in [2.05, 4.69) is 10.6 Å². The maximum atomic E-state index is 11.6. The molecule has 1 heterocycles. The van der Waals surface area contributed by atoms with Crippen LogP contribution in [0.4, 0.5) is 0 Å². The lowest BCUT2D eigenvalue weighted by Crippen LogP contribution is -2.36. The van der Waals surface area contributed by atoms with Crippen LogP contribution in [0.5, 0.6) is 0 Å². The summed E-state index contributed by atoms with van der Waals surface area (Å²) >= 11 is 1.36. The molecule has 1 atom stereocenters. The Hall–Kier alpha value is -1.40. The Kier molecular flexibility index (Phi) is 6.52. The molecule has 106 valence electrons. The number of thiophene rings is 1. The molecule has 1 rings (SSSR count). The van der Waals surface area contributed by atoms with Gasteiger partial charge in [-0.15, -0.1) is 11.3 Å². The number of rotatable bonds is 7. The van der Waals surface area contributed by atoms with E-state index in [-0.39, 0.29) is 30.7 Å². The molecule has 6 heteroatoms. The van der Waals surface area contributed by atoms with Crippen molar-refractivity contribution in [2.24, 2.45) is 5.92 Å². The van der Waals surface area contributed by atoms with Crippen LogP contribution in [0.3, 0.4) is 0 Å². The molecule has 0 aliphatic carbocycles. The standard InChI is InChI=1S/C13H20N2O3S/c1-9(2)10(16)8-15-12(17)5-6-14-13(18)11-4-3-7-19-11/h3-4,7,9-10,16H,5-6,8H2,1-2H3,(H,14,18)(H,15,17). The molecule has 0 aliphatic rings. The predicted octanol–water partition coefficient (Wildman–Crippen LogP) is 1.00. The van der Waals surface area contributed by atoms with Crippen molar-refractivity contribution in [3.63, 3.8) is 0 Å². The monoisotopic (exact) mass is 284 g/mol. The average Bonchev–Trinajstić information content (AvgIpc) is 2.89. The van der Waals surface area contributed by atoms with E-state index in [0.29, 0.717) is 11.4 Å². The molecule has 19 heavy (non-hydrogen) atoms. The second kappa shape index (κ2) is 7.91. The van der Waals surface area contributed by atoms with Gasteiger partial charge >= 0.3 is 0 Å². The van der Waals surface area contributed by atoms with E-state index in [1.807, 2.05) is 19.2 Å². The fourth-order valence-corrected chi connectivity index (χ4v) is 1.97. The van der Waals surface area contributed by atoms with E-state index < -0.39 is 6.10 Å². The molecule has 5 nitrogen and oxygen atoms in total. The number of amides is 2. The van der Waals surface area contributed by atoms with E-state index in [4.69, 9.17) is 0 Å². The fraction of sp³-hybridized carbons (Fsp3) is 0.538. The summed E-state index contributed by atoms with van der Waals surface area (Å²) in [7, 11) is 0. The second-order valence-electron chi connectivity index (χ2n) is 4.60. The summed E-state index contributed by atoms with van der Waals surface area (Å²) in [4.78, 5) is 23.7. The zero-order valence-electron chi connectivity index (χ0n) is 11.2. The van der Waals surface area contributed by atoms with Crippen molar-refractivity contribution in [3.05, 3.63) is 22.4 Å². The van der Waals surface area contributed by atoms with Crippen LogP contribution >= 0.6 is 11.3 Å². The van der Waals surface area contributed by atoms with Crippen LogP contribution in [-0.4, -0.2) is 36.1 Å². The maximum absolute atomic E-state index is 11.6. The summed E-state index contributed by atoms with van der Waals surface area (Å²) in [6.45, 7) is 4.31. The normalized spacial score (nSPS) is 12.2. The number of carbonyl (C=O) groups excluding carboxylic acids is 2. The minimum Gasteiger partial charge on any atom is -0.391 e. The van der Waals surface area contributed by atoms with E-state index >= 15 is 0 Å². The summed E-state index contributed by atoms with van der Waals surface area (Å²) in [6.07, 6.45) is -0.327. The quantitative estimate of drug-likeness (QED) is 0.699. The maximum Gasteiger partial charge on any atom is 0.261 e. The number of aliphatic hydroxyl groups excluding tert-OH is 1. The SMILES string of the molecule is CC(C)C(O)CNC(=O)CCNC(=O)c1cccs1. The molecule has 0 aromatic carbocycles. The highest BCUT2D eigenvalue weighted by Crippen LogP contribution is 2.07. The van der Waals surface area contributed by atoms with Gasteiger partial charge in [0, 0.05) is 19.5 Å². The van der Waals surface area contributed by atoms with E-state index in [9.17, 15) is 14.7 Å². The van der Waals surface area contributed by atoms with Gasteiger partial charge in [0.25, 0.3) is 5.91 Å². The van der Waals surface area contributed by atoms with Crippen molar-refractivity contribution in [3.8, 4) is 0 Å². The summed E-state index contributed by atoms with van der Waals surface area (Å²) in [5.74, 6) is -0.227. The van der Waals surface area contributed by atoms with E-state index in [1.165, 1.54) is 11.3 Å². The van der Waals surface area contributed by atoms with Crippen molar-refractivity contribution in [1.82, 2.24) is 10.6 Å². The lowest BCUT2D eigenvalue weighted by Gasteiger charge is -2.15. The van der Waals surface area contributed by atoms with Crippen LogP contribution in [0, 0.1) is 5.92 Å². The first-order chi connectivity index (χ1) is 9.00. The molecular weight excluding hydrogens is 264 g/mol. The van der Waals surface area contributed by atoms with Gasteiger partial charge in [0.2, 0.25) is 5.91 Å². The van der Waals surface area contributed by atoms with Crippen LogP contribution in [0.15, 0.2) is 17.5 Å². The topological polar surface area (TPSA) is 78.4 Å². The number of nitrogens with one attached hydrogen (secondary N) is 2. The Morgan fingerprint density at radius 1 is 1.37 bits per heavy atom. The molecule has 1 aromatic heterocycles. The molecule has 3 N–H and O–H groups in total. The van der Waals surface area contributed by atoms with Gasteiger partial charge < -0.3 is 15.7 Å². The first kappa shape index (κ1) is 15.7. The van der Waals surface area contributed by atoms with Gasteiger partial charge in [-0.1, -0.05) is 19.9 Å².